The van der Waals surface area contributed by atoms with Crippen LogP contribution in [0, 0.1) is 5.41 Å². The van der Waals surface area contributed by atoms with Gasteiger partial charge in [-0.3, -0.25) is 4.79 Å². The minimum absolute atomic E-state index is 0.123. The quantitative estimate of drug-likeness (QED) is 0.680. The summed E-state index contributed by atoms with van der Waals surface area (Å²) in [7, 11) is -1.59. The molecule has 0 radical (unpaired) electrons. The molecule has 0 bridgehead atoms. The zero-order valence-corrected chi connectivity index (χ0v) is 16.1. The number of carbonyl (C=O) groups excluding carboxylic acids is 1. The lowest BCUT2D eigenvalue weighted by Gasteiger charge is -2.37. The van der Waals surface area contributed by atoms with E-state index >= 15 is 0 Å². The highest BCUT2D eigenvalue weighted by molar-refractivity contribution is 6.70. The largest absolute Gasteiger partial charge is 0.544 e. The van der Waals surface area contributed by atoms with E-state index in [1.54, 1.807) is 0 Å². The van der Waals surface area contributed by atoms with Crippen molar-refractivity contribution in [2.45, 2.75) is 58.2 Å². The maximum atomic E-state index is 12.4. The fourth-order valence-electron chi connectivity index (χ4n) is 4.68. The zero-order chi connectivity index (χ0) is 17.1. The molecule has 2 aromatic rings. The van der Waals surface area contributed by atoms with Gasteiger partial charge >= 0.3 is 0 Å². The Morgan fingerprint density at radius 1 is 1.12 bits per heavy atom. The number of Topliss-reactive ketones (excluding diaryl/α,β-unsaturated/α-hetero) is 1. The second kappa shape index (κ2) is 5.19. The molecule has 0 amide bonds. The van der Waals surface area contributed by atoms with Crippen LogP contribution in [0.25, 0.3) is 10.8 Å². The van der Waals surface area contributed by atoms with Crippen LogP contribution in [0.4, 0.5) is 0 Å². The summed E-state index contributed by atoms with van der Waals surface area (Å²) in [5, 5.41) is 2.61. The minimum atomic E-state index is -1.59. The van der Waals surface area contributed by atoms with Crippen LogP contribution in [-0.4, -0.2) is 14.1 Å². The van der Waals surface area contributed by atoms with Crippen molar-refractivity contribution in [1.82, 2.24) is 0 Å². The highest BCUT2D eigenvalue weighted by atomic mass is 28.4. The average Bonchev–Trinajstić information content (AvgIpc) is 2.81. The normalized spacial score (nSPS) is 26.3. The predicted octanol–water partition coefficient (Wildman–Crippen LogP) is 5.45. The SMILES string of the molecule is C[C@]12CCc3c(ccc4cc(O[Si](C)(C)C)ccc34)[C@@H]1CCC2=O. The number of fused-ring (bicyclic) bond motifs is 5. The number of rotatable bonds is 2. The van der Waals surface area contributed by atoms with Crippen molar-refractivity contribution >= 4 is 24.9 Å². The Hall–Kier alpha value is -1.61. The molecule has 0 saturated heterocycles. The van der Waals surface area contributed by atoms with Crippen LogP contribution >= 0.6 is 0 Å². The third kappa shape index (κ3) is 2.41. The van der Waals surface area contributed by atoms with E-state index in [4.69, 9.17) is 4.43 Å². The molecule has 2 aliphatic carbocycles. The van der Waals surface area contributed by atoms with Gasteiger partial charge in [-0.25, -0.2) is 0 Å². The molecule has 2 atom stereocenters. The van der Waals surface area contributed by atoms with Crippen LogP contribution in [0.5, 0.6) is 5.75 Å². The molecule has 24 heavy (non-hydrogen) atoms. The first-order valence-electron chi connectivity index (χ1n) is 9.06. The van der Waals surface area contributed by atoms with Crippen LogP contribution in [0.1, 0.15) is 43.2 Å². The molecule has 0 unspecified atom stereocenters. The zero-order valence-electron chi connectivity index (χ0n) is 15.1. The van der Waals surface area contributed by atoms with Gasteiger partial charge in [-0.15, -0.1) is 0 Å². The summed E-state index contributed by atoms with van der Waals surface area (Å²) in [6, 6.07) is 11.0. The van der Waals surface area contributed by atoms with Gasteiger partial charge < -0.3 is 4.43 Å². The average molecular weight is 339 g/mol. The van der Waals surface area contributed by atoms with E-state index in [2.05, 4.69) is 56.9 Å². The summed E-state index contributed by atoms with van der Waals surface area (Å²) >= 11 is 0. The number of carbonyl (C=O) groups is 1. The van der Waals surface area contributed by atoms with Crippen molar-refractivity contribution in [1.29, 1.82) is 0 Å². The maximum absolute atomic E-state index is 12.4. The van der Waals surface area contributed by atoms with E-state index in [1.807, 2.05) is 0 Å². The first kappa shape index (κ1) is 15.9. The Morgan fingerprint density at radius 2 is 1.92 bits per heavy atom. The van der Waals surface area contributed by atoms with Crippen molar-refractivity contribution < 1.29 is 9.22 Å². The van der Waals surface area contributed by atoms with Crippen molar-refractivity contribution in [2.75, 3.05) is 0 Å². The molecule has 2 aliphatic rings. The molecule has 1 fully saturated rings. The Labute approximate surface area is 145 Å². The van der Waals surface area contributed by atoms with Gasteiger partial charge in [-0.1, -0.05) is 25.1 Å². The highest BCUT2D eigenvalue weighted by Crippen LogP contribution is 2.54. The van der Waals surface area contributed by atoms with Crippen molar-refractivity contribution in [3.8, 4) is 5.75 Å². The molecule has 1 saturated carbocycles. The minimum Gasteiger partial charge on any atom is -0.544 e. The first-order chi connectivity index (χ1) is 11.3. The summed E-state index contributed by atoms with van der Waals surface area (Å²) in [5.41, 5.74) is 2.76. The number of benzene rings is 2. The molecule has 3 heteroatoms. The monoisotopic (exact) mass is 338 g/mol. The summed E-state index contributed by atoms with van der Waals surface area (Å²) in [5.74, 6) is 1.87. The third-order valence-corrected chi connectivity index (χ3v) is 6.75. The van der Waals surface area contributed by atoms with Gasteiger partial charge in [-0.05, 0) is 78.9 Å². The molecule has 2 aromatic carbocycles. The number of ketones is 1. The maximum Gasteiger partial charge on any atom is 0.242 e. The summed E-state index contributed by atoms with van der Waals surface area (Å²) in [6.45, 7) is 8.82. The van der Waals surface area contributed by atoms with E-state index in [0.717, 1.165) is 31.4 Å². The summed E-state index contributed by atoms with van der Waals surface area (Å²) in [4.78, 5) is 12.4. The number of hydrogen-bond acceptors (Lipinski definition) is 2. The fourth-order valence-corrected chi connectivity index (χ4v) is 5.52. The fraction of sp³-hybridized carbons (Fsp3) is 0.476. The van der Waals surface area contributed by atoms with Crippen molar-refractivity contribution in [3.05, 3.63) is 41.5 Å². The summed E-state index contributed by atoms with van der Waals surface area (Å²) < 4.78 is 6.15. The van der Waals surface area contributed by atoms with Gasteiger partial charge in [0.05, 0.1) is 0 Å². The van der Waals surface area contributed by atoms with Gasteiger partial charge in [0.25, 0.3) is 0 Å². The van der Waals surface area contributed by atoms with Crippen LogP contribution in [-0.2, 0) is 11.2 Å². The van der Waals surface area contributed by atoms with Gasteiger partial charge in [0.15, 0.2) is 0 Å². The molecule has 2 nitrogen and oxygen atoms in total. The predicted molar refractivity (Wildman–Crippen MR) is 101 cm³/mol. The van der Waals surface area contributed by atoms with Crippen LogP contribution in [0.15, 0.2) is 30.3 Å². The van der Waals surface area contributed by atoms with Crippen molar-refractivity contribution in [2.24, 2.45) is 5.41 Å². The van der Waals surface area contributed by atoms with Crippen LogP contribution < -0.4 is 4.43 Å². The molecule has 126 valence electrons. The van der Waals surface area contributed by atoms with E-state index in [1.165, 1.54) is 21.9 Å². The molecule has 0 heterocycles. The first-order valence-corrected chi connectivity index (χ1v) is 12.5. The lowest BCUT2D eigenvalue weighted by atomic mass is 9.66. The summed E-state index contributed by atoms with van der Waals surface area (Å²) in [6.07, 6.45) is 3.78. The smallest absolute Gasteiger partial charge is 0.242 e. The molecular weight excluding hydrogens is 312 g/mol. The van der Waals surface area contributed by atoms with E-state index < -0.39 is 8.32 Å². The lowest BCUT2D eigenvalue weighted by molar-refractivity contribution is -0.126. The lowest BCUT2D eigenvalue weighted by Crippen LogP contribution is -2.32. The van der Waals surface area contributed by atoms with Gasteiger partial charge in [0.2, 0.25) is 8.32 Å². The number of hydrogen-bond donors (Lipinski definition) is 0. The Bertz CT molecular complexity index is 834. The Morgan fingerprint density at radius 3 is 2.67 bits per heavy atom. The molecule has 4 rings (SSSR count). The topological polar surface area (TPSA) is 26.3 Å². The van der Waals surface area contributed by atoms with Crippen LogP contribution in [0.2, 0.25) is 19.6 Å². The standard InChI is InChI=1S/C21H26O2Si/c1-21-12-11-17-16-8-6-15(23-24(2,3)4)13-14(16)5-7-18(17)19(21)9-10-20(21)22/h5-8,13,19H,9-12H2,1-4H3/t19-,21-/m0/s1. The Kier molecular flexibility index (Phi) is 3.44. The van der Waals surface area contributed by atoms with E-state index in [0.29, 0.717) is 11.7 Å². The molecule has 0 N–H and O–H groups in total. The highest BCUT2D eigenvalue weighted by Gasteiger charge is 2.49. The second-order valence-electron chi connectivity index (χ2n) is 8.66. The van der Waals surface area contributed by atoms with Crippen LogP contribution in [0.3, 0.4) is 0 Å². The van der Waals surface area contributed by atoms with E-state index in [9.17, 15) is 4.79 Å². The molecule has 0 aliphatic heterocycles. The van der Waals surface area contributed by atoms with E-state index in [-0.39, 0.29) is 5.41 Å². The Balaban J connectivity index is 1.79. The van der Waals surface area contributed by atoms with Gasteiger partial charge in [0, 0.05) is 11.8 Å². The van der Waals surface area contributed by atoms with Crippen molar-refractivity contribution in [3.63, 3.8) is 0 Å². The second-order valence-corrected chi connectivity index (χ2v) is 13.1. The molecule has 0 spiro atoms. The van der Waals surface area contributed by atoms with Gasteiger partial charge in [-0.2, -0.15) is 0 Å². The third-order valence-electron chi connectivity index (χ3n) is 5.90. The van der Waals surface area contributed by atoms with Gasteiger partial charge in [0.1, 0.15) is 11.5 Å². The number of aryl methyl sites for hydroxylation is 1. The molecule has 0 aromatic heterocycles. The molecular formula is C21H26O2Si.